The SMILES string of the molecule is CCC(c1ccc(Nc2nccc3ccncc23)cc1)[C@H](NC1=CC(=O)C12CCCCC2)C(=O)O. The first kappa shape index (κ1) is 23.0. The van der Waals surface area contributed by atoms with Crippen LogP contribution in [0.5, 0.6) is 0 Å². The van der Waals surface area contributed by atoms with Crippen molar-refractivity contribution in [2.45, 2.75) is 57.4 Å². The Hall–Kier alpha value is -3.74. The molecule has 1 saturated carbocycles. The number of allylic oxidation sites excluding steroid dienone is 2. The van der Waals surface area contributed by atoms with E-state index in [0.29, 0.717) is 6.42 Å². The van der Waals surface area contributed by atoms with Crippen molar-refractivity contribution in [3.8, 4) is 0 Å². The molecule has 2 aliphatic carbocycles. The average molecular weight is 471 g/mol. The maximum absolute atomic E-state index is 12.5. The molecule has 1 spiro atoms. The lowest BCUT2D eigenvalue weighted by atomic mass is 9.62. The first-order valence-electron chi connectivity index (χ1n) is 12.3. The molecule has 7 heteroatoms. The highest BCUT2D eigenvalue weighted by molar-refractivity contribution is 6.05. The van der Waals surface area contributed by atoms with Crippen LogP contribution in [0.2, 0.25) is 0 Å². The monoisotopic (exact) mass is 470 g/mol. The van der Waals surface area contributed by atoms with Crippen molar-refractivity contribution in [3.63, 3.8) is 0 Å². The Bertz CT molecular complexity index is 1270. The van der Waals surface area contributed by atoms with E-state index < -0.39 is 17.4 Å². The van der Waals surface area contributed by atoms with Gasteiger partial charge in [-0.25, -0.2) is 9.78 Å². The van der Waals surface area contributed by atoms with Crippen LogP contribution in [0.4, 0.5) is 11.5 Å². The van der Waals surface area contributed by atoms with E-state index in [2.05, 4.69) is 20.6 Å². The number of hydrogen-bond acceptors (Lipinski definition) is 6. The average Bonchev–Trinajstić information content (AvgIpc) is 2.89. The van der Waals surface area contributed by atoms with Gasteiger partial charge in [-0.3, -0.25) is 9.78 Å². The molecule has 3 aromatic rings. The first-order valence-corrected chi connectivity index (χ1v) is 12.3. The van der Waals surface area contributed by atoms with Gasteiger partial charge in [-0.05, 0) is 54.5 Å². The van der Waals surface area contributed by atoms with Gasteiger partial charge in [0.15, 0.2) is 5.78 Å². The molecule has 0 aliphatic heterocycles. The number of nitrogens with zero attached hydrogens (tertiary/aromatic N) is 2. The number of carbonyl (C=O) groups is 2. The minimum Gasteiger partial charge on any atom is -0.480 e. The number of fused-ring (bicyclic) bond motifs is 1. The van der Waals surface area contributed by atoms with Gasteiger partial charge in [0, 0.05) is 47.4 Å². The number of anilines is 2. The molecule has 35 heavy (non-hydrogen) atoms. The molecule has 0 radical (unpaired) electrons. The Morgan fingerprint density at radius 3 is 2.51 bits per heavy atom. The molecule has 3 N–H and O–H groups in total. The molecular formula is C28H30N4O3. The van der Waals surface area contributed by atoms with E-state index in [4.69, 9.17) is 0 Å². The van der Waals surface area contributed by atoms with Crippen molar-refractivity contribution in [2.24, 2.45) is 5.41 Å². The highest BCUT2D eigenvalue weighted by atomic mass is 16.4. The Kier molecular flexibility index (Phi) is 6.24. The quantitative estimate of drug-likeness (QED) is 0.409. The number of rotatable bonds is 8. The second-order valence-corrected chi connectivity index (χ2v) is 9.54. The summed E-state index contributed by atoms with van der Waals surface area (Å²) in [5.74, 6) is -0.277. The van der Waals surface area contributed by atoms with Crippen LogP contribution in [0, 0.1) is 5.41 Å². The number of hydrogen-bond donors (Lipinski definition) is 3. The van der Waals surface area contributed by atoms with E-state index >= 15 is 0 Å². The summed E-state index contributed by atoms with van der Waals surface area (Å²) in [5, 5.41) is 18.7. The van der Waals surface area contributed by atoms with Crippen molar-refractivity contribution in [2.75, 3.05) is 5.32 Å². The van der Waals surface area contributed by atoms with Crippen molar-refractivity contribution in [3.05, 3.63) is 72.3 Å². The second kappa shape index (κ2) is 9.49. The van der Waals surface area contributed by atoms with Gasteiger partial charge in [0.25, 0.3) is 0 Å². The lowest BCUT2D eigenvalue weighted by Crippen LogP contribution is -2.52. The van der Waals surface area contributed by atoms with E-state index in [-0.39, 0.29) is 11.7 Å². The van der Waals surface area contributed by atoms with Crippen LogP contribution < -0.4 is 10.6 Å². The summed E-state index contributed by atoms with van der Waals surface area (Å²) in [6.07, 6.45) is 12.3. The Balaban J connectivity index is 1.35. The van der Waals surface area contributed by atoms with Gasteiger partial charge in [-0.1, -0.05) is 38.3 Å². The zero-order valence-corrected chi connectivity index (χ0v) is 19.8. The summed E-state index contributed by atoms with van der Waals surface area (Å²) >= 11 is 0. The summed E-state index contributed by atoms with van der Waals surface area (Å²) < 4.78 is 0. The van der Waals surface area contributed by atoms with E-state index in [0.717, 1.165) is 65.6 Å². The topological polar surface area (TPSA) is 104 Å². The van der Waals surface area contributed by atoms with Crippen LogP contribution in [-0.4, -0.2) is 32.9 Å². The van der Waals surface area contributed by atoms with E-state index in [9.17, 15) is 14.7 Å². The highest BCUT2D eigenvalue weighted by Crippen LogP contribution is 2.48. The minimum atomic E-state index is -0.905. The third kappa shape index (κ3) is 4.27. The van der Waals surface area contributed by atoms with Gasteiger partial charge < -0.3 is 15.7 Å². The third-order valence-electron chi connectivity index (χ3n) is 7.56. The molecule has 1 unspecified atom stereocenters. The summed E-state index contributed by atoms with van der Waals surface area (Å²) in [7, 11) is 0. The van der Waals surface area contributed by atoms with E-state index in [1.165, 1.54) is 0 Å². The van der Waals surface area contributed by atoms with Crippen molar-refractivity contribution < 1.29 is 14.7 Å². The van der Waals surface area contributed by atoms with Crippen LogP contribution in [0.3, 0.4) is 0 Å². The zero-order chi connectivity index (χ0) is 24.4. The number of ketones is 1. The third-order valence-corrected chi connectivity index (χ3v) is 7.56. The molecule has 0 saturated heterocycles. The van der Waals surface area contributed by atoms with Gasteiger partial charge in [0.05, 0.1) is 5.41 Å². The lowest BCUT2D eigenvalue weighted by Gasteiger charge is -2.45. The molecule has 2 aliphatic rings. The normalized spacial score (nSPS) is 18.4. The van der Waals surface area contributed by atoms with Gasteiger partial charge in [0.1, 0.15) is 11.9 Å². The van der Waals surface area contributed by atoms with Crippen molar-refractivity contribution in [1.82, 2.24) is 15.3 Å². The Labute approximate surface area is 204 Å². The largest absolute Gasteiger partial charge is 0.480 e. The molecule has 2 aromatic heterocycles. The number of carbonyl (C=O) groups excluding carboxylic acids is 1. The van der Waals surface area contributed by atoms with Crippen LogP contribution in [0.1, 0.15) is 56.9 Å². The molecule has 0 bridgehead atoms. The number of aromatic nitrogens is 2. The standard InChI is InChI=1S/C28H30N4O3/c1-2-21(25(27(34)35)32-23-16-24(33)28(23)12-4-3-5-13-28)18-6-8-20(9-7-18)31-26-22-17-29-14-10-19(22)11-15-30-26/h6-11,14-17,21,25,32H,2-5,12-13H2,1H3,(H,30,31)(H,34,35)/t21?,25-/m0/s1. The van der Waals surface area contributed by atoms with E-state index in [1.807, 2.05) is 43.3 Å². The molecule has 1 fully saturated rings. The maximum atomic E-state index is 12.5. The molecule has 7 nitrogen and oxygen atoms in total. The minimum absolute atomic E-state index is 0.143. The first-order chi connectivity index (χ1) is 17.0. The number of benzene rings is 1. The second-order valence-electron chi connectivity index (χ2n) is 9.54. The van der Waals surface area contributed by atoms with Crippen LogP contribution in [0.15, 0.2) is 66.8 Å². The Morgan fingerprint density at radius 2 is 1.83 bits per heavy atom. The number of carboxylic acid groups (broad SMARTS) is 1. The van der Waals surface area contributed by atoms with E-state index in [1.54, 1.807) is 24.7 Å². The summed E-state index contributed by atoms with van der Waals surface area (Å²) in [6.45, 7) is 2.00. The fourth-order valence-corrected chi connectivity index (χ4v) is 5.54. The van der Waals surface area contributed by atoms with Gasteiger partial charge in [-0.2, -0.15) is 0 Å². The van der Waals surface area contributed by atoms with Crippen molar-refractivity contribution >= 4 is 34.0 Å². The summed E-state index contributed by atoms with van der Waals surface area (Å²) in [6, 6.07) is 10.9. The van der Waals surface area contributed by atoms with Crippen LogP contribution in [0.25, 0.3) is 10.8 Å². The number of pyridine rings is 2. The maximum Gasteiger partial charge on any atom is 0.326 e. The molecule has 2 heterocycles. The molecule has 1 aromatic carbocycles. The van der Waals surface area contributed by atoms with Gasteiger partial charge in [0.2, 0.25) is 0 Å². The highest BCUT2D eigenvalue weighted by Gasteiger charge is 2.49. The summed E-state index contributed by atoms with van der Waals surface area (Å²) in [4.78, 5) is 33.5. The summed E-state index contributed by atoms with van der Waals surface area (Å²) in [5.41, 5.74) is 2.12. The fraction of sp³-hybridized carbons (Fsp3) is 0.357. The van der Waals surface area contributed by atoms with Gasteiger partial charge in [-0.15, -0.1) is 0 Å². The van der Waals surface area contributed by atoms with Gasteiger partial charge >= 0.3 is 5.97 Å². The predicted molar refractivity (Wildman–Crippen MR) is 135 cm³/mol. The molecule has 0 amide bonds. The van der Waals surface area contributed by atoms with Crippen LogP contribution in [-0.2, 0) is 9.59 Å². The Morgan fingerprint density at radius 1 is 1.09 bits per heavy atom. The molecule has 2 atom stereocenters. The van der Waals surface area contributed by atoms with Crippen molar-refractivity contribution in [1.29, 1.82) is 0 Å². The number of carboxylic acids is 1. The van der Waals surface area contributed by atoms with Crippen LogP contribution >= 0.6 is 0 Å². The lowest BCUT2D eigenvalue weighted by molar-refractivity contribution is -0.140. The fourth-order valence-electron chi connectivity index (χ4n) is 5.54. The number of nitrogens with one attached hydrogen (secondary N) is 2. The molecule has 5 rings (SSSR count). The predicted octanol–water partition coefficient (Wildman–Crippen LogP) is 5.33. The number of aliphatic carboxylic acids is 1. The molecular weight excluding hydrogens is 440 g/mol. The molecule has 180 valence electrons. The smallest absolute Gasteiger partial charge is 0.326 e. The zero-order valence-electron chi connectivity index (χ0n) is 19.8.